The molecular formula is C16H15F4N3O3. The van der Waals surface area contributed by atoms with Crippen LogP contribution in [-0.4, -0.2) is 26.8 Å². The van der Waals surface area contributed by atoms with Gasteiger partial charge in [-0.15, -0.1) is 0 Å². The predicted molar refractivity (Wildman–Crippen MR) is 83.5 cm³/mol. The minimum absolute atomic E-state index is 0.330. The van der Waals surface area contributed by atoms with Crippen LogP contribution >= 0.6 is 0 Å². The Labute approximate surface area is 145 Å². The van der Waals surface area contributed by atoms with Crippen LogP contribution < -0.4 is 5.32 Å². The summed E-state index contributed by atoms with van der Waals surface area (Å²) in [6.45, 7) is 4.44. The van der Waals surface area contributed by atoms with Crippen LogP contribution in [0.15, 0.2) is 24.4 Å². The van der Waals surface area contributed by atoms with E-state index in [2.05, 4.69) is 5.10 Å². The molecule has 0 atom stereocenters. The fraction of sp³-hybridized carbons (Fsp3) is 0.312. The number of nitrogens with one attached hydrogen (secondary N) is 1. The zero-order chi connectivity index (χ0) is 19.9. The zero-order valence-electron chi connectivity index (χ0n) is 14.0. The summed E-state index contributed by atoms with van der Waals surface area (Å²) >= 11 is 0. The lowest BCUT2D eigenvalue weighted by atomic mass is 10.1. The van der Waals surface area contributed by atoms with E-state index in [4.69, 9.17) is 5.11 Å². The van der Waals surface area contributed by atoms with Crippen molar-refractivity contribution in [1.82, 2.24) is 9.78 Å². The minimum Gasteiger partial charge on any atom is -0.478 e. The molecule has 6 nitrogen and oxygen atoms in total. The number of benzene rings is 1. The minimum atomic E-state index is -4.88. The lowest BCUT2D eigenvalue weighted by Crippen LogP contribution is -2.30. The number of carboxylic acid groups (broad SMARTS) is 1. The van der Waals surface area contributed by atoms with Crippen LogP contribution in [0.2, 0.25) is 0 Å². The molecule has 0 saturated heterocycles. The first kappa shape index (κ1) is 19.4. The van der Waals surface area contributed by atoms with Gasteiger partial charge in [0, 0.05) is 0 Å². The van der Waals surface area contributed by atoms with E-state index in [1.54, 1.807) is 0 Å². The van der Waals surface area contributed by atoms with E-state index in [-0.39, 0.29) is 5.56 Å². The molecule has 1 aromatic carbocycles. The molecule has 0 aliphatic rings. The van der Waals surface area contributed by atoms with Crippen molar-refractivity contribution in [3.63, 3.8) is 0 Å². The third-order valence-electron chi connectivity index (χ3n) is 3.38. The fourth-order valence-corrected chi connectivity index (χ4v) is 2.24. The number of carbonyl (C=O) groups excluding carboxylic acids is 1. The Morgan fingerprint density at radius 3 is 2.31 bits per heavy atom. The van der Waals surface area contributed by atoms with Crippen LogP contribution in [-0.2, 0) is 11.7 Å². The van der Waals surface area contributed by atoms with Crippen molar-refractivity contribution >= 4 is 17.6 Å². The van der Waals surface area contributed by atoms with Crippen molar-refractivity contribution in [3.05, 3.63) is 47.0 Å². The molecule has 2 aromatic rings. The van der Waals surface area contributed by atoms with Crippen LogP contribution in [0.25, 0.3) is 0 Å². The molecule has 2 N–H and O–H groups in total. The number of aromatic carboxylic acids is 1. The first-order valence-corrected chi connectivity index (χ1v) is 7.32. The average molecular weight is 373 g/mol. The molecule has 0 aliphatic heterocycles. The first-order valence-electron chi connectivity index (χ1n) is 7.32. The Kier molecular flexibility index (Phi) is 4.80. The van der Waals surface area contributed by atoms with Gasteiger partial charge in [-0.1, -0.05) is 0 Å². The second-order valence-electron chi connectivity index (χ2n) is 6.44. The van der Waals surface area contributed by atoms with Crippen molar-refractivity contribution in [2.24, 2.45) is 0 Å². The molecule has 26 heavy (non-hydrogen) atoms. The fourth-order valence-electron chi connectivity index (χ4n) is 2.24. The third-order valence-corrected chi connectivity index (χ3v) is 3.38. The Hall–Kier alpha value is -2.91. The largest absolute Gasteiger partial charge is 0.478 e. The number of hydrogen-bond donors (Lipinski definition) is 2. The smallest absolute Gasteiger partial charge is 0.433 e. The molecule has 1 amide bonds. The van der Waals surface area contributed by atoms with E-state index < -0.39 is 46.4 Å². The van der Waals surface area contributed by atoms with E-state index in [9.17, 15) is 27.2 Å². The SMILES string of the molecule is CC(C)(C)n1ncc(C(=O)Nc2cc(C(=O)O)ccc2F)c1C(F)(F)F. The van der Waals surface area contributed by atoms with Crippen LogP contribution in [0, 0.1) is 5.82 Å². The number of amides is 1. The number of rotatable bonds is 3. The van der Waals surface area contributed by atoms with Crippen LogP contribution in [0.1, 0.15) is 47.2 Å². The van der Waals surface area contributed by atoms with Crippen molar-refractivity contribution < 1.29 is 32.3 Å². The van der Waals surface area contributed by atoms with E-state index in [1.165, 1.54) is 20.8 Å². The van der Waals surface area contributed by atoms with Gasteiger partial charge >= 0.3 is 12.1 Å². The summed E-state index contributed by atoms with van der Waals surface area (Å²) in [5.74, 6) is -3.62. The van der Waals surface area contributed by atoms with Gasteiger partial charge in [-0.05, 0) is 39.0 Å². The van der Waals surface area contributed by atoms with Gasteiger partial charge in [-0.2, -0.15) is 18.3 Å². The Morgan fingerprint density at radius 1 is 1.19 bits per heavy atom. The monoisotopic (exact) mass is 373 g/mol. The maximum Gasteiger partial charge on any atom is 0.433 e. The molecule has 0 bridgehead atoms. The number of halogens is 4. The molecule has 0 aliphatic carbocycles. The van der Waals surface area contributed by atoms with E-state index in [0.717, 1.165) is 24.4 Å². The van der Waals surface area contributed by atoms with Crippen LogP contribution in [0.3, 0.4) is 0 Å². The number of aromatic nitrogens is 2. The highest BCUT2D eigenvalue weighted by Gasteiger charge is 2.42. The van der Waals surface area contributed by atoms with Crippen molar-refractivity contribution in [3.8, 4) is 0 Å². The Bertz CT molecular complexity index is 867. The number of alkyl halides is 3. The van der Waals surface area contributed by atoms with Gasteiger partial charge in [0.05, 0.1) is 28.6 Å². The summed E-state index contributed by atoms with van der Waals surface area (Å²) in [6, 6.07) is 2.57. The van der Waals surface area contributed by atoms with E-state index >= 15 is 0 Å². The summed E-state index contributed by atoms with van der Waals surface area (Å²) in [7, 11) is 0. The highest BCUT2D eigenvalue weighted by atomic mass is 19.4. The molecule has 10 heteroatoms. The molecule has 2 rings (SSSR count). The van der Waals surface area contributed by atoms with Gasteiger partial charge in [0.2, 0.25) is 0 Å². The zero-order valence-corrected chi connectivity index (χ0v) is 14.0. The third kappa shape index (κ3) is 3.84. The summed E-state index contributed by atoms with van der Waals surface area (Å²) in [5.41, 5.74) is -4.02. The van der Waals surface area contributed by atoms with Gasteiger partial charge < -0.3 is 10.4 Å². The molecule has 1 heterocycles. The number of carbonyl (C=O) groups is 2. The highest BCUT2D eigenvalue weighted by Crippen LogP contribution is 2.35. The summed E-state index contributed by atoms with van der Waals surface area (Å²) in [6.07, 6.45) is -4.14. The number of carboxylic acids is 1. The maximum atomic E-state index is 13.8. The standard InChI is InChI=1S/C16H15F4N3O3/c1-15(2,3)23-12(16(18,19)20)9(7-21-23)13(24)22-11-6-8(14(25)26)4-5-10(11)17/h4-7H,1-3H3,(H,22,24)(H,25,26). The Morgan fingerprint density at radius 2 is 1.81 bits per heavy atom. The van der Waals surface area contributed by atoms with Crippen molar-refractivity contribution in [2.75, 3.05) is 5.32 Å². The molecule has 140 valence electrons. The van der Waals surface area contributed by atoms with Crippen LogP contribution in [0.4, 0.5) is 23.2 Å². The normalized spacial score (nSPS) is 12.1. The Balaban J connectivity index is 2.48. The topological polar surface area (TPSA) is 84.2 Å². The lowest BCUT2D eigenvalue weighted by Gasteiger charge is -2.23. The van der Waals surface area contributed by atoms with Crippen LogP contribution in [0.5, 0.6) is 0 Å². The molecule has 0 fully saturated rings. The van der Waals surface area contributed by atoms with Crippen molar-refractivity contribution in [2.45, 2.75) is 32.5 Å². The summed E-state index contributed by atoms with van der Waals surface area (Å²) < 4.78 is 54.7. The number of hydrogen-bond acceptors (Lipinski definition) is 3. The molecule has 0 radical (unpaired) electrons. The molecule has 0 spiro atoms. The highest BCUT2D eigenvalue weighted by molar-refractivity contribution is 6.05. The van der Waals surface area contributed by atoms with E-state index in [0.29, 0.717) is 4.68 Å². The molecule has 0 saturated carbocycles. The quantitative estimate of drug-likeness (QED) is 0.803. The van der Waals surface area contributed by atoms with Crippen molar-refractivity contribution in [1.29, 1.82) is 0 Å². The van der Waals surface area contributed by atoms with Gasteiger partial charge in [-0.25, -0.2) is 9.18 Å². The molecular weight excluding hydrogens is 358 g/mol. The second kappa shape index (κ2) is 6.43. The molecule has 0 unspecified atom stereocenters. The first-order chi connectivity index (χ1) is 11.8. The van der Waals surface area contributed by atoms with Gasteiger partial charge in [-0.3, -0.25) is 9.48 Å². The lowest BCUT2D eigenvalue weighted by molar-refractivity contribution is -0.146. The second-order valence-corrected chi connectivity index (χ2v) is 6.44. The number of anilines is 1. The summed E-state index contributed by atoms with van der Waals surface area (Å²) in [4.78, 5) is 23.2. The van der Waals surface area contributed by atoms with Gasteiger partial charge in [0.1, 0.15) is 5.82 Å². The van der Waals surface area contributed by atoms with E-state index in [1.807, 2.05) is 5.32 Å². The predicted octanol–water partition coefficient (Wildman–Crippen LogP) is 3.75. The maximum absolute atomic E-state index is 13.8. The van der Waals surface area contributed by atoms with Gasteiger partial charge in [0.25, 0.3) is 5.91 Å². The van der Waals surface area contributed by atoms with Gasteiger partial charge in [0.15, 0.2) is 5.69 Å². The summed E-state index contributed by atoms with van der Waals surface area (Å²) in [5, 5.41) is 14.5. The average Bonchev–Trinajstić information content (AvgIpc) is 2.94. The number of nitrogens with zero attached hydrogens (tertiary/aromatic N) is 2. The molecule has 1 aromatic heterocycles.